The molecule has 0 heterocycles. The summed E-state index contributed by atoms with van der Waals surface area (Å²) in [6.07, 6.45) is 5.43. The van der Waals surface area contributed by atoms with Gasteiger partial charge in [-0.3, -0.25) is 15.5 Å². The first-order valence-corrected chi connectivity index (χ1v) is 5.52. The zero-order valence-corrected chi connectivity index (χ0v) is 10.00. The number of benzene rings is 1. The van der Waals surface area contributed by atoms with Gasteiger partial charge in [-0.25, -0.2) is 0 Å². The fraction of sp³-hybridized carbons (Fsp3) is 0.154. The van der Waals surface area contributed by atoms with E-state index in [4.69, 9.17) is 4.84 Å². The summed E-state index contributed by atoms with van der Waals surface area (Å²) in [6, 6.07) is 7.17. The molecule has 0 saturated heterocycles. The number of nitrogens with one attached hydrogen (secondary N) is 1. The first-order valence-electron chi connectivity index (χ1n) is 5.52. The lowest BCUT2D eigenvalue weighted by molar-refractivity contribution is -0.712. The SMILES string of the molecule is CONc1ccccc1/[N+](O)=C1/C=C(O)C=CC1. The Morgan fingerprint density at radius 2 is 2.11 bits per heavy atom. The van der Waals surface area contributed by atoms with Crippen LogP contribution in [0, 0.1) is 0 Å². The molecule has 1 aromatic rings. The van der Waals surface area contributed by atoms with Crippen LogP contribution >= 0.6 is 0 Å². The number of aliphatic hydroxyl groups is 1. The van der Waals surface area contributed by atoms with Crippen LogP contribution < -0.4 is 5.48 Å². The van der Waals surface area contributed by atoms with E-state index in [0.29, 0.717) is 23.5 Å². The molecular formula is C13H15N2O3+. The van der Waals surface area contributed by atoms with Crippen molar-refractivity contribution < 1.29 is 19.9 Å². The van der Waals surface area contributed by atoms with E-state index >= 15 is 0 Å². The fourth-order valence-corrected chi connectivity index (χ4v) is 1.74. The Labute approximate surface area is 105 Å². The predicted octanol–water partition coefficient (Wildman–Crippen LogP) is 2.54. The first kappa shape index (κ1) is 12.2. The largest absolute Gasteiger partial charge is 0.508 e. The van der Waals surface area contributed by atoms with E-state index in [1.807, 2.05) is 12.1 Å². The number of rotatable bonds is 3. The third kappa shape index (κ3) is 2.52. The average Bonchev–Trinajstić information content (AvgIpc) is 2.39. The second-order valence-corrected chi connectivity index (χ2v) is 3.80. The predicted molar refractivity (Wildman–Crippen MR) is 68.3 cm³/mol. The molecule has 1 aliphatic carbocycles. The average molecular weight is 247 g/mol. The van der Waals surface area contributed by atoms with E-state index in [2.05, 4.69) is 5.48 Å². The van der Waals surface area contributed by atoms with Crippen molar-refractivity contribution in [3.05, 3.63) is 48.3 Å². The molecule has 5 heteroatoms. The fourth-order valence-electron chi connectivity index (χ4n) is 1.74. The molecule has 1 aliphatic rings. The summed E-state index contributed by atoms with van der Waals surface area (Å²) >= 11 is 0. The number of hydrogen-bond acceptors (Lipinski definition) is 4. The maximum Gasteiger partial charge on any atom is 0.282 e. The normalized spacial score (nSPS) is 17.3. The second kappa shape index (κ2) is 5.37. The van der Waals surface area contributed by atoms with Crippen LogP contribution in [-0.2, 0) is 4.84 Å². The van der Waals surface area contributed by atoms with E-state index in [9.17, 15) is 10.3 Å². The smallest absolute Gasteiger partial charge is 0.282 e. The lowest BCUT2D eigenvalue weighted by Gasteiger charge is -2.06. The highest BCUT2D eigenvalue weighted by molar-refractivity contribution is 5.94. The molecule has 3 N–H and O–H groups in total. The summed E-state index contributed by atoms with van der Waals surface area (Å²) in [5.74, 6) is 0.118. The van der Waals surface area contributed by atoms with Gasteiger partial charge in [0.25, 0.3) is 5.69 Å². The Bertz CT molecular complexity index is 533. The van der Waals surface area contributed by atoms with Gasteiger partial charge < -0.3 is 5.11 Å². The van der Waals surface area contributed by atoms with Crippen LogP contribution in [0.1, 0.15) is 6.42 Å². The van der Waals surface area contributed by atoms with Crippen LogP contribution in [0.2, 0.25) is 0 Å². The molecule has 0 bridgehead atoms. The minimum absolute atomic E-state index is 0.118. The van der Waals surface area contributed by atoms with Gasteiger partial charge in [0.15, 0.2) is 0 Å². The molecule has 1 aromatic carbocycles. The monoisotopic (exact) mass is 247 g/mol. The first-order chi connectivity index (χ1) is 8.72. The second-order valence-electron chi connectivity index (χ2n) is 3.80. The van der Waals surface area contributed by atoms with Crippen LogP contribution in [-0.4, -0.2) is 27.9 Å². The topological polar surface area (TPSA) is 64.7 Å². The standard InChI is InChI=1S/C13H14N2O3/c1-18-14-12-7-2-3-8-13(12)15(17)10-5-4-6-11(16)9-10/h2-4,6-9,14,17H,5H2,1H3/p+1. The maximum absolute atomic E-state index is 10.2. The molecular weight excluding hydrogens is 232 g/mol. The number of nitrogens with zero attached hydrogens (tertiary/aromatic N) is 1. The Morgan fingerprint density at radius 3 is 2.83 bits per heavy atom. The van der Waals surface area contributed by atoms with Crippen LogP contribution in [0.5, 0.6) is 0 Å². The quantitative estimate of drug-likeness (QED) is 0.436. The van der Waals surface area contributed by atoms with Gasteiger partial charge in [-0.05, 0) is 12.1 Å². The summed E-state index contributed by atoms with van der Waals surface area (Å²) in [4.78, 5) is 4.85. The van der Waals surface area contributed by atoms with Crippen molar-refractivity contribution in [2.45, 2.75) is 6.42 Å². The summed E-state index contributed by atoms with van der Waals surface area (Å²) in [7, 11) is 1.50. The van der Waals surface area contributed by atoms with Gasteiger partial charge >= 0.3 is 0 Å². The van der Waals surface area contributed by atoms with Gasteiger partial charge in [0.2, 0.25) is 5.71 Å². The maximum atomic E-state index is 10.2. The molecule has 0 unspecified atom stereocenters. The number of aliphatic hydroxyl groups excluding tert-OH is 1. The van der Waals surface area contributed by atoms with Gasteiger partial charge in [-0.15, -0.1) is 0 Å². The molecule has 0 atom stereocenters. The van der Waals surface area contributed by atoms with Crippen LogP contribution in [0.15, 0.2) is 48.3 Å². The van der Waals surface area contributed by atoms with E-state index in [1.54, 1.807) is 24.3 Å². The molecule has 94 valence electrons. The Kier molecular flexibility index (Phi) is 3.64. The highest BCUT2D eigenvalue weighted by Crippen LogP contribution is 2.24. The van der Waals surface area contributed by atoms with Gasteiger partial charge in [0.05, 0.1) is 19.6 Å². The molecule has 2 rings (SSSR count). The van der Waals surface area contributed by atoms with Crippen molar-refractivity contribution >= 4 is 17.1 Å². The molecule has 0 fully saturated rings. The Hall–Kier alpha value is -2.27. The summed E-state index contributed by atoms with van der Waals surface area (Å²) in [5.41, 5.74) is 4.46. The molecule has 0 saturated carbocycles. The van der Waals surface area contributed by atoms with E-state index in [-0.39, 0.29) is 5.76 Å². The van der Waals surface area contributed by atoms with Crippen LogP contribution in [0.4, 0.5) is 11.4 Å². The number of hydrogen-bond donors (Lipinski definition) is 3. The van der Waals surface area contributed by atoms with Crippen molar-refractivity contribution in [1.82, 2.24) is 0 Å². The van der Waals surface area contributed by atoms with Crippen molar-refractivity contribution in [1.29, 1.82) is 0 Å². The Morgan fingerprint density at radius 1 is 1.33 bits per heavy atom. The summed E-state index contributed by atoms with van der Waals surface area (Å²) in [5, 5.41) is 19.6. The molecule has 0 aromatic heterocycles. The van der Waals surface area contributed by atoms with Crippen molar-refractivity contribution in [3.63, 3.8) is 0 Å². The number of anilines is 1. The van der Waals surface area contributed by atoms with E-state index < -0.39 is 0 Å². The zero-order chi connectivity index (χ0) is 13.0. The summed E-state index contributed by atoms with van der Waals surface area (Å²) < 4.78 is 1.03. The summed E-state index contributed by atoms with van der Waals surface area (Å²) in [6.45, 7) is 0. The van der Waals surface area contributed by atoms with E-state index in [1.165, 1.54) is 13.2 Å². The minimum Gasteiger partial charge on any atom is -0.508 e. The minimum atomic E-state index is 0.118. The lowest BCUT2D eigenvalue weighted by Crippen LogP contribution is -2.14. The molecule has 18 heavy (non-hydrogen) atoms. The van der Waals surface area contributed by atoms with Crippen molar-refractivity contribution in [3.8, 4) is 0 Å². The van der Waals surface area contributed by atoms with Gasteiger partial charge in [0.1, 0.15) is 11.4 Å². The molecule has 0 spiro atoms. The van der Waals surface area contributed by atoms with Crippen LogP contribution in [0.3, 0.4) is 0 Å². The van der Waals surface area contributed by atoms with Gasteiger partial charge in [0, 0.05) is 10.8 Å². The number of allylic oxidation sites excluding steroid dienone is 3. The van der Waals surface area contributed by atoms with E-state index in [0.717, 1.165) is 4.74 Å². The Balaban J connectivity index is 2.42. The third-order valence-corrected chi connectivity index (χ3v) is 2.55. The highest BCUT2D eigenvalue weighted by Gasteiger charge is 2.20. The van der Waals surface area contributed by atoms with Gasteiger partial charge in [-0.2, -0.15) is 0 Å². The molecule has 0 aliphatic heterocycles. The van der Waals surface area contributed by atoms with Gasteiger partial charge in [-0.1, -0.05) is 18.2 Å². The third-order valence-electron chi connectivity index (χ3n) is 2.55. The molecule has 5 nitrogen and oxygen atoms in total. The number of para-hydroxylation sites is 2. The lowest BCUT2D eigenvalue weighted by atomic mass is 10.1. The zero-order valence-electron chi connectivity index (χ0n) is 10.00. The highest BCUT2D eigenvalue weighted by atomic mass is 16.6. The molecule has 0 radical (unpaired) electrons. The van der Waals surface area contributed by atoms with Crippen molar-refractivity contribution in [2.24, 2.45) is 0 Å². The van der Waals surface area contributed by atoms with Crippen LogP contribution in [0.25, 0.3) is 0 Å². The van der Waals surface area contributed by atoms with Crippen molar-refractivity contribution in [2.75, 3.05) is 12.6 Å². The molecule has 0 amide bonds.